The Morgan fingerprint density at radius 1 is 0.815 bits per heavy atom. The molecule has 6 rings (SSSR count). The maximum absolute atomic E-state index is 12.8. The molecule has 2 unspecified atom stereocenters. The third-order valence-electron chi connectivity index (χ3n) is 13.7. The van der Waals surface area contributed by atoms with Gasteiger partial charge >= 0.3 is 0 Å². The molecule has 3 nitrogen and oxygen atoms in total. The number of hydrogen-bond donors (Lipinski definition) is 1. The van der Waals surface area contributed by atoms with E-state index in [2.05, 4.69) is 152 Å². The van der Waals surface area contributed by atoms with Gasteiger partial charge in [0.25, 0.3) is 0 Å². The first-order chi connectivity index (χ1) is 24.6. The molecule has 5 heteroatoms. The van der Waals surface area contributed by atoms with Crippen LogP contribution in [0.1, 0.15) is 133 Å². The normalized spacial score (nSPS) is 17.7. The minimum Gasteiger partial charge on any atom is -0.512 e. The predicted molar refractivity (Wildman–Crippen MR) is 227 cm³/mol. The maximum Gasteiger partial charge on any atom is 0.165 e. The second-order valence-corrected chi connectivity index (χ2v) is 19.5. The van der Waals surface area contributed by atoms with Gasteiger partial charge in [-0.2, -0.15) is 0 Å². The van der Waals surface area contributed by atoms with E-state index in [0.29, 0.717) is 11.2 Å². The van der Waals surface area contributed by atoms with Gasteiger partial charge in [-0.05, 0) is 96.9 Å². The number of aliphatic hydroxyl groups excluding tert-OH is 1. The number of thioether (sulfide) groups is 1. The standard InChI is InChI=1S/C30H28NS.C19H36O2.Ir/c1-16-10-11-25-22(13-16)28-29(32-25)21-9-7-8-20(27(21)30(28,5)6)23-15-19(4)26-18(3)12-17(2)14-24(26)31-23;1-12(2)18(9,13(3)4)16(20)11-17(21)19(10,14(5)6)15(7)8;/h7,9-15,28-29H,1-6H3;11-15,20H,1-10H3;/q-1;;/b;16-11-;. The van der Waals surface area contributed by atoms with Crippen LogP contribution in [0.2, 0.25) is 0 Å². The van der Waals surface area contributed by atoms with Crippen molar-refractivity contribution in [3.8, 4) is 11.3 Å². The van der Waals surface area contributed by atoms with Crippen molar-refractivity contribution in [1.29, 1.82) is 0 Å². The van der Waals surface area contributed by atoms with E-state index >= 15 is 0 Å². The third-order valence-corrected chi connectivity index (χ3v) is 15.1. The minimum absolute atomic E-state index is 0. The molecule has 2 atom stereocenters. The molecule has 1 aromatic heterocycles. The fraction of sp³-hybridized carbons (Fsp3) is 0.510. The van der Waals surface area contributed by atoms with Crippen molar-refractivity contribution in [3.05, 3.63) is 105 Å². The molecule has 3 aromatic carbocycles. The van der Waals surface area contributed by atoms with Gasteiger partial charge in [-0.3, -0.25) is 9.78 Å². The molecule has 0 spiro atoms. The molecule has 1 N–H and O–H groups in total. The molecule has 54 heavy (non-hydrogen) atoms. The van der Waals surface area contributed by atoms with Crippen molar-refractivity contribution >= 4 is 28.4 Å². The Morgan fingerprint density at radius 2 is 1.39 bits per heavy atom. The summed E-state index contributed by atoms with van der Waals surface area (Å²) in [5.74, 6) is 1.76. The monoisotopic (exact) mass is 923 g/mol. The first-order valence-corrected chi connectivity index (χ1v) is 20.6. The largest absolute Gasteiger partial charge is 0.512 e. The van der Waals surface area contributed by atoms with Crippen LogP contribution >= 0.6 is 11.8 Å². The Morgan fingerprint density at radius 3 is 1.96 bits per heavy atom. The number of ketones is 1. The number of aliphatic hydroxyl groups is 1. The topological polar surface area (TPSA) is 50.2 Å². The second kappa shape index (κ2) is 16.0. The molecule has 0 bridgehead atoms. The molecule has 1 radical (unpaired) electrons. The van der Waals surface area contributed by atoms with E-state index < -0.39 is 5.41 Å². The summed E-state index contributed by atoms with van der Waals surface area (Å²) in [6.45, 7) is 34.4. The summed E-state index contributed by atoms with van der Waals surface area (Å²) in [5.41, 5.74) is 12.2. The molecule has 293 valence electrons. The van der Waals surface area contributed by atoms with Crippen LogP contribution in [0.25, 0.3) is 22.2 Å². The molecular formula is C49H64IrNO2S-. The summed E-state index contributed by atoms with van der Waals surface area (Å²) < 4.78 is 0. The Balaban J connectivity index is 0.000000261. The fourth-order valence-electron chi connectivity index (χ4n) is 9.24. The number of carbonyl (C=O) groups is 1. The van der Waals surface area contributed by atoms with Crippen LogP contribution < -0.4 is 0 Å². The summed E-state index contributed by atoms with van der Waals surface area (Å²) in [7, 11) is 0. The van der Waals surface area contributed by atoms with Crippen molar-refractivity contribution in [3.63, 3.8) is 0 Å². The Hall–Kier alpha value is -2.72. The quantitative estimate of drug-likeness (QED) is 0.109. The summed E-state index contributed by atoms with van der Waals surface area (Å²) in [4.78, 5) is 19.4. The summed E-state index contributed by atoms with van der Waals surface area (Å²) in [6.07, 6.45) is 1.50. The zero-order chi connectivity index (χ0) is 39.5. The number of allylic oxidation sites excluding steroid dienone is 2. The number of benzene rings is 3. The molecule has 0 amide bonds. The Labute approximate surface area is 345 Å². The third kappa shape index (κ3) is 7.44. The van der Waals surface area contributed by atoms with Gasteiger partial charge in [-0.25, -0.2) is 0 Å². The predicted octanol–water partition coefficient (Wildman–Crippen LogP) is 13.8. The first-order valence-electron chi connectivity index (χ1n) is 19.7. The SMILES string of the molecule is CC(C)C(C)(C(=O)/C=C(\O)C(C)(C(C)C)C(C)C)C(C)C.Cc1ccc2c(c1)C1C(S2)c2cc[c-]c(-c3cc(C)c4c(C)cc(C)cc4n3)c2C1(C)C.[Ir]. The number of fused-ring (bicyclic) bond motifs is 6. The maximum atomic E-state index is 12.8. The van der Waals surface area contributed by atoms with Crippen LogP contribution in [0.3, 0.4) is 0 Å². The zero-order valence-corrected chi connectivity index (χ0v) is 38.9. The van der Waals surface area contributed by atoms with Crippen molar-refractivity contribution in [2.45, 2.75) is 132 Å². The van der Waals surface area contributed by atoms with Gasteiger partial charge in [-0.15, -0.1) is 46.7 Å². The number of rotatable bonds is 8. The van der Waals surface area contributed by atoms with E-state index in [-0.39, 0.29) is 66.1 Å². The van der Waals surface area contributed by atoms with Crippen LogP contribution in [0, 0.1) is 68.3 Å². The van der Waals surface area contributed by atoms with Crippen LogP contribution in [0.5, 0.6) is 0 Å². The number of nitrogens with zero attached hydrogens (tertiary/aromatic N) is 1. The minimum atomic E-state index is -0.442. The van der Waals surface area contributed by atoms with Crippen LogP contribution in [-0.4, -0.2) is 15.9 Å². The smallest absolute Gasteiger partial charge is 0.165 e. The average molecular weight is 923 g/mol. The van der Waals surface area contributed by atoms with E-state index in [1.54, 1.807) is 0 Å². The number of pyridine rings is 1. The summed E-state index contributed by atoms with van der Waals surface area (Å²) >= 11 is 2.04. The first kappa shape index (κ1) is 44.0. The van der Waals surface area contributed by atoms with E-state index in [1.165, 1.54) is 60.9 Å². The zero-order valence-electron chi connectivity index (χ0n) is 35.7. The van der Waals surface area contributed by atoms with Crippen molar-refractivity contribution < 1.29 is 30.0 Å². The molecule has 1 aliphatic carbocycles. The molecule has 1 aliphatic heterocycles. The number of aryl methyl sites for hydroxylation is 4. The van der Waals surface area contributed by atoms with E-state index in [4.69, 9.17) is 4.98 Å². The van der Waals surface area contributed by atoms with Gasteiger partial charge in [0.1, 0.15) is 5.76 Å². The van der Waals surface area contributed by atoms with Gasteiger partial charge in [0, 0.05) is 58.5 Å². The molecule has 0 saturated carbocycles. The van der Waals surface area contributed by atoms with E-state index in [1.807, 2.05) is 25.6 Å². The van der Waals surface area contributed by atoms with Gasteiger partial charge in [0.2, 0.25) is 0 Å². The van der Waals surface area contributed by atoms with Gasteiger partial charge in [0.05, 0.1) is 5.52 Å². The fourth-order valence-corrected chi connectivity index (χ4v) is 10.9. The summed E-state index contributed by atoms with van der Waals surface area (Å²) in [6, 6.07) is 21.8. The molecule has 0 saturated heterocycles. The van der Waals surface area contributed by atoms with Gasteiger partial charge in [0.15, 0.2) is 5.78 Å². The van der Waals surface area contributed by atoms with Crippen LogP contribution in [0.15, 0.2) is 65.3 Å². The number of carbonyl (C=O) groups excluding carboxylic acids is 1. The van der Waals surface area contributed by atoms with Crippen LogP contribution in [0.4, 0.5) is 0 Å². The number of hydrogen-bond acceptors (Lipinski definition) is 4. The van der Waals surface area contributed by atoms with Gasteiger partial charge < -0.3 is 5.11 Å². The molecule has 2 aliphatic rings. The molecular weight excluding hydrogens is 859 g/mol. The van der Waals surface area contributed by atoms with E-state index in [0.717, 1.165) is 11.2 Å². The Bertz CT molecular complexity index is 2050. The van der Waals surface area contributed by atoms with Gasteiger partial charge in [-0.1, -0.05) is 113 Å². The second-order valence-electron chi connectivity index (χ2n) is 18.3. The molecule has 0 fully saturated rings. The van der Waals surface area contributed by atoms with E-state index in [9.17, 15) is 9.90 Å². The van der Waals surface area contributed by atoms with Crippen molar-refractivity contribution in [2.75, 3.05) is 0 Å². The number of aromatic nitrogens is 1. The average Bonchev–Trinajstić information content (AvgIpc) is 3.55. The molecule has 4 aromatic rings. The Kier molecular flexibility index (Phi) is 13.1. The van der Waals surface area contributed by atoms with Crippen molar-refractivity contribution in [2.24, 2.45) is 34.5 Å². The van der Waals surface area contributed by atoms with Crippen LogP contribution in [-0.2, 0) is 30.3 Å². The van der Waals surface area contributed by atoms with Crippen molar-refractivity contribution in [1.82, 2.24) is 4.98 Å². The molecule has 2 heterocycles. The summed E-state index contributed by atoms with van der Waals surface area (Å²) in [5, 5.41) is 12.4.